The van der Waals surface area contributed by atoms with Crippen LogP contribution >= 0.6 is 11.6 Å². The van der Waals surface area contributed by atoms with Crippen LogP contribution < -0.4 is 0 Å². The summed E-state index contributed by atoms with van der Waals surface area (Å²) >= 11 is 6.21. The zero-order chi connectivity index (χ0) is 18.0. The second-order valence-electron chi connectivity index (χ2n) is 7.16. The Hall–Kier alpha value is -1.43. The number of hydrogen-bond acceptors (Lipinski definition) is 4. The minimum absolute atomic E-state index is 0.0640. The van der Waals surface area contributed by atoms with E-state index in [1.54, 1.807) is 7.11 Å². The quantitative estimate of drug-likeness (QED) is 0.404. The van der Waals surface area contributed by atoms with Crippen LogP contribution in [0.2, 0.25) is 5.15 Å². The average Bonchev–Trinajstić information content (AvgIpc) is 3.17. The Labute approximate surface area is 154 Å². The van der Waals surface area contributed by atoms with Crippen LogP contribution in [-0.2, 0) is 9.47 Å². The SMILES string of the molecule is C=CCC[C@H]1C[C@@H](n2ccc3c(Cl)ncnc32)[C@H](OC(C)(C)OC)C1. The Balaban J connectivity index is 1.91. The van der Waals surface area contributed by atoms with Crippen molar-refractivity contribution in [3.8, 4) is 0 Å². The van der Waals surface area contributed by atoms with Gasteiger partial charge >= 0.3 is 0 Å². The van der Waals surface area contributed by atoms with Gasteiger partial charge in [-0.1, -0.05) is 17.7 Å². The first-order chi connectivity index (χ1) is 11.9. The van der Waals surface area contributed by atoms with E-state index in [4.69, 9.17) is 21.1 Å². The van der Waals surface area contributed by atoms with Gasteiger partial charge in [-0.2, -0.15) is 0 Å². The van der Waals surface area contributed by atoms with Gasteiger partial charge in [0.15, 0.2) is 5.79 Å². The van der Waals surface area contributed by atoms with E-state index in [9.17, 15) is 0 Å². The van der Waals surface area contributed by atoms with E-state index >= 15 is 0 Å². The molecule has 0 bridgehead atoms. The van der Waals surface area contributed by atoms with Crippen molar-refractivity contribution in [2.24, 2.45) is 5.92 Å². The molecule has 5 nitrogen and oxygen atoms in total. The highest BCUT2D eigenvalue weighted by atomic mass is 35.5. The Kier molecular flexibility index (Phi) is 5.46. The molecule has 2 aromatic heterocycles. The monoisotopic (exact) mass is 363 g/mol. The van der Waals surface area contributed by atoms with Gasteiger partial charge in [0.2, 0.25) is 0 Å². The molecule has 3 rings (SSSR count). The molecule has 0 radical (unpaired) electrons. The van der Waals surface area contributed by atoms with Crippen LogP contribution in [0.15, 0.2) is 31.2 Å². The summed E-state index contributed by atoms with van der Waals surface area (Å²) in [5, 5.41) is 1.36. The molecule has 1 saturated carbocycles. The zero-order valence-corrected chi connectivity index (χ0v) is 15.9. The third-order valence-corrected chi connectivity index (χ3v) is 5.39. The summed E-state index contributed by atoms with van der Waals surface area (Å²) in [7, 11) is 1.68. The molecule has 0 aromatic carbocycles. The Morgan fingerprint density at radius 3 is 2.92 bits per heavy atom. The van der Waals surface area contributed by atoms with Gasteiger partial charge in [-0.15, -0.1) is 6.58 Å². The van der Waals surface area contributed by atoms with Gasteiger partial charge in [0, 0.05) is 13.3 Å². The summed E-state index contributed by atoms with van der Waals surface area (Å²) in [6.45, 7) is 7.75. The molecule has 2 aromatic rings. The van der Waals surface area contributed by atoms with E-state index in [1.807, 2.05) is 32.2 Å². The second-order valence-corrected chi connectivity index (χ2v) is 7.51. The van der Waals surface area contributed by atoms with E-state index in [0.29, 0.717) is 11.1 Å². The lowest BCUT2D eigenvalue weighted by molar-refractivity contribution is -0.228. The van der Waals surface area contributed by atoms with Crippen LogP contribution in [0.25, 0.3) is 11.0 Å². The molecule has 0 amide bonds. The molecule has 2 heterocycles. The highest BCUT2D eigenvalue weighted by molar-refractivity contribution is 6.33. The van der Waals surface area contributed by atoms with Gasteiger partial charge in [0.05, 0.1) is 17.5 Å². The molecule has 0 N–H and O–H groups in total. The number of methoxy groups -OCH3 is 1. The van der Waals surface area contributed by atoms with Crippen LogP contribution in [0.1, 0.15) is 45.6 Å². The number of fused-ring (bicyclic) bond motifs is 1. The molecule has 3 atom stereocenters. The lowest BCUT2D eigenvalue weighted by Gasteiger charge is -2.31. The van der Waals surface area contributed by atoms with E-state index in [0.717, 1.165) is 36.7 Å². The minimum Gasteiger partial charge on any atom is -0.354 e. The highest BCUT2D eigenvalue weighted by Gasteiger charge is 2.39. The summed E-state index contributed by atoms with van der Waals surface area (Å²) in [6, 6.07) is 2.18. The molecule has 0 unspecified atom stereocenters. The molecule has 25 heavy (non-hydrogen) atoms. The lowest BCUT2D eigenvalue weighted by Crippen LogP contribution is -2.35. The molecule has 0 aliphatic heterocycles. The van der Waals surface area contributed by atoms with E-state index in [-0.39, 0.29) is 12.1 Å². The van der Waals surface area contributed by atoms with E-state index in [2.05, 4.69) is 21.1 Å². The largest absolute Gasteiger partial charge is 0.354 e. The smallest absolute Gasteiger partial charge is 0.162 e. The number of halogens is 1. The molecule has 1 aliphatic rings. The Morgan fingerprint density at radius 1 is 1.40 bits per heavy atom. The molecule has 136 valence electrons. The van der Waals surface area contributed by atoms with Gasteiger partial charge in [-0.05, 0) is 51.5 Å². The fourth-order valence-electron chi connectivity index (χ4n) is 3.70. The summed E-state index contributed by atoms with van der Waals surface area (Å²) < 4.78 is 14.0. The van der Waals surface area contributed by atoms with Crippen molar-refractivity contribution in [2.75, 3.05) is 7.11 Å². The predicted octanol–water partition coefficient (Wildman–Crippen LogP) is 4.77. The van der Waals surface area contributed by atoms with Crippen molar-refractivity contribution in [1.82, 2.24) is 14.5 Å². The van der Waals surface area contributed by atoms with Crippen molar-refractivity contribution in [3.05, 3.63) is 36.4 Å². The lowest BCUT2D eigenvalue weighted by atomic mass is 10.0. The van der Waals surface area contributed by atoms with Crippen LogP contribution in [0.4, 0.5) is 0 Å². The van der Waals surface area contributed by atoms with Crippen LogP contribution in [0.5, 0.6) is 0 Å². The van der Waals surface area contributed by atoms with Gasteiger partial charge in [-0.25, -0.2) is 9.97 Å². The second kappa shape index (κ2) is 7.44. The van der Waals surface area contributed by atoms with Crippen LogP contribution in [0.3, 0.4) is 0 Å². The Bertz CT molecular complexity index is 743. The molecule has 6 heteroatoms. The molecular formula is C19H26ClN3O2. The van der Waals surface area contributed by atoms with Crippen LogP contribution in [-0.4, -0.2) is 33.5 Å². The summed E-state index contributed by atoms with van der Waals surface area (Å²) in [6.07, 6.45) is 9.81. The maximum Gasteiger partial charge on any atom is 0.162 e. The van der Waals surface area contributed by atoms with Gasteiger partial charge < -0.3 is 14.0 Å². The summed E-state index contributed by atoms with van der Waals surface area (Å²) in [4.78, 5) is 8.52. The fraction of sp³-hybridized carbons (Fsp3) is 0.579. The van der Waals surface area contributed by atoms with Crippen molar-refractivity contribution >= 4 is 22.6 Å². The molecule has 1 aliphatic carbocycles. The summed E-state index contributed by atoms with van der Waals surface area (Å²) in [5.41, 5.74) is 0.859. The zero-order valence-electron chi connectivity index (χ0n) is 15.1. The van der Waals surface area contributed by atoms with Crippen molar-refractivity contribution < 1.29 is 9.47 Å². The van der Waals surface area contributed by atoms with Crippen LogP contribution in [0, 0.1) is 5.92 Å². The normalized spacial score (nSPS) is 24.1. The molecular weight excluding hydrogens is 338 g/mol. The topological polar surface area (TPSA) is 49.2 Å². The third kappa shape index (κ3) is 3.89. The minimum atomic E-state index is -0.619. The van der Waals surface area contributed by atoms with Gasteiger partial charge in [0.25, 0.3) is 0 Å². The highest BCUT2D eigenvalue weighted by Crippen LogP contribution is 2.42. The first kappa shape index (κ1) is 18.4. The third-order valence-electron chi connectivity index (χ3n) is 5.09. The Morgan fingerprint density at radius 2 is 2.20 bits per heavy atom. The van der Waals surface area contributed by atoms with E-state index < -0.39 is 5.79 Å². The summed E-state index contributed by atoms with van der Waals surface area (Å²) in [5.74, 6) is -0.0262. The number of ether oxygens (including phenoxy) is 2. The number of allylic oxidation sites excluding steroid dienone is 1. The van der Waals surface area contributed by atoms with Crippen molar-refractivity contribution in [1.29, 1.82) is 0 Å². The van der Waals surface area contributed by atoms with Gasteiger partial charge in [-0.3, -0.25) is 0 Å². The first-order valence-electron chi connectivity index (χ1n) is 8.76. The molecule has 1 fully saturated rings. The number of aromatic nitrogens is 3. The average molecular weight is 364 g/mol. The maximum atomic E-state index is 6.33. The van der Waals surface area contributed by atoms with Crippen molar-refractivity contribution in [3.63, 3.8) is 0 Å². The number of nitrogens with zero attached hydrogens (tertiary/aromatic N) is 3. The number of hydrogen-bond donors (Lipinski definition) is 0. The van der Waals surface area contributed by atoms with E-state index in [1.165, 1.54) is 6.33 Å². The molecule has 0 saturated heterocycles. The first-order valence-corrected chi connectivity index (χ1v) is 9.14. The standard InChI is InChI=1S/C19H26ClN3O2/c1-5-6-7-13-10-15(16(11-13)25-19(2,3)24-4)23-9-8-14-17(20)21-12-22-18(14)23/h5,8-9,12-13,15-16H,1,6-7,10-11H2,2-4H3/t13-,15+,16+/m0/s1. The number of rotatable bonds is 7. The van der Waals surface area contributed by atoms with Crippen molar-refractivity contribution in [2.45, 2.75) is 57.5 Å². The fourth-order valence-corrected chi connectivity index (χ4v) is 3.90. The molecule has 0 spiro atoms. The van der Waals surface area contributed by atoms with Gasteiger partial charge in [0.1, 0.15) is 17.1 Å². The predicted molar refractivity (Wildman–Crippen MR) is 99.7 cm³/mol. The maximum absolute atomic E-state index is 6.33.